The van der Waals surface area contributed by atoms with Gasteiger partial charge >= 0.3 is 0 Å². The minimum Gasteiger partial charge on any atom is -0.319 e. The molecule has 56 heavy (non-hydrogen) atoms. The number of rotatable bonds is 2. The lowest BCUT2D eigenvalue weighted by Gasteiger charge is -2.27. The van der Waals surface area contributed by atoms with Gasteiger partial charge in [0.15, 0.2) is 0 Å². The van der Waals surface area contributed by atoms with Crippen molar-refractivity contribution >= 4 is 27.5 Å². The molecule has 3 heteroatoms. The topological polar surface area (TPSA) is 33.1 Å². The van der Waals surface area contributed by atoms with Crippen LogP contribution < -0.4 is 0 Å². The molecule has 1 atom stereocenters. The fraction of sp³-hybridized carbons (Fsp3) is 0.170. The lowest BCUT2D eigenvalue weighted by molar-refractivity contribution is 0.659. The van der Waals surface area contributed by atoms with Crippen LogP contribution in [0.1, 0.15) is 89.2 Å². The Bertz CT molecular complexity index is 3190. The van der Waals surface area contributed by atoms with Crippen LogP contribution in [0.5, 0.6) is 0 Å². The van der Waals surface area contributed by atoms with Gasteiger partial charge in [0.25, 0.3) is 0 Å². The van der Waals surface area contributed by atoms with Crippen LogP contribution in [0.2, 0.25) is 0 Å². The largest absolute Gasteiger partial charge is 0.319 e. The minimum atomic E-state index is -0.185. The van der Waals surface area contributed by atoms with E-state index >= 15 is 0 Å². The van der Waals surface area contributed by atoms with Crippen molar-refractivity contribution in [3.63, 3.8) is 0 Å². The molecule has 0 amide bonds. The summed E-state index contributed by atoms with van der Waals surface area (Å²) in [6.45, 7) is 22.1. The molecule has 3 aliphatic rings. The Labute approximate surface area is 327 Å². The van der Waals surface area contributed by atoms with Gasteiger partial charge in [-0.25, -0.2) is 4.85 Å². The SMILES string of the molecule is [C-]#[N+]c1c(C)c(C#N)c(C2c3ccccc3-c3cc4c(cc32)C(C)(C)c2ccccc2-4)c(C)c1-n1c2ccccc2c2cc3c(cc21)C(C)(C)c1ccccc1-3. The number of hydrogen-bond acceptors (Lipinski definition) is 1. The van der Waals surface area contributed by atoms with Gasteiger partial charge in [-0.05, 0) is 122 Å². The summed E-state index contributed by atoms with van der Waals surface area (Å²) in [5.74, 6) is -0.177. The summed E-state index contributed by atoms with van der Waals surface area (Å²) in [5, 5.41) is 13.4. The highest BCUT2D eigenvalue weighted by Crippen LogP contribution is 2.58. The summed E-state index contributed by atoms with van der Waals surface area (Å²) in [6, 6.07) is 47.2. The van der Waals surface area contributed by atoms with Crippen LogP contribution in [0.25, 0.3) is 65.7 Å². The van der Waals surface area contributed by atoms with Gasteiger partial charge < -0.3 is 4.57 Å². The molecule has 1 aromatic heterocycles. The predicted octanol–water partition coefficient (Wildman–Crippen LogP) is 13.6. The molecule has 8 aromatic rings. The number of hydrogen-bond donors (Lipinski definition) is 0. The molecular formula is C53H39N3. The molecular weight excluding hydrogens is 679 g/mol. The summed E-state index contributed by atoms with van der Waals surface area (Å²) in [5.41, 5.74) is 21.8. The Balaban J connectivity index is 1.24. The maximum Gasteiger partial charge on any atom is 0.215 e. The van der Waals surface area contributed by atoms with Crippen molar-refractivity contribution < 1.29 is 0 Å². The number of nitriles is 1. The van der Waals surface area contributed by atoms with E-state index in [9.17, 15) is 5.26 Å². The Morgan fingerprint density at radius 3 is 1.84 bits per heavy atom. The van der Waals surface area contributed by atoms with E-state index in [0.29, 0.717) is 11.3 Å². The highest BCUT2D eigenvalue weighted by Gasteiger charge is 2.41. The average molecular weight is 718 g/mol. The molecule has 266 valence electrons. The fourth-order valence-electron chi connectivity index (χ4n) is 11.0. The van der Waals surface area contributed by atoms with Crippen LogP contribution >= 0.6 is 0 Å². The number of para-hydroxylation sites is 1. The van der Waals surface area contributed by atoms with E-state index in [4.69, 9.17) is 6.57 Å². The van der Waals surface area contributed by atoms with Crippen molar-refractivity contribution in [2.75, 3.05) is 0 Å². The zero-order valence-corrected chi connectivity index (χ0v) is 32.5. The summed E-state index contributed by atoms with van der Waals surface area (Å²) >= 11 is 0. The first-order valence-corrected chi connectivity index (χ1v) is 19.6. The zero-order valence-electron chi connectivity index (χ0n) is 32.5. The van der Waals surface area contributed by atoms with Crippen molar-refractivity contribution in [1.29, 1.82) is 5.26 Å². The third-order valence-electron chi connectivity index (χ3n) is 13.7. The molecule has 3 aliphatic carbocycles. The van der Waals surface area contributed by atoms with E-state index in [1.165, 1.54) is 72.1 Å². The van der Waals surface area contributed by atoms with Gasteiger partial charge in [0.2, 0.25) is 5.69 Å². The second kappa shape index (κ2) is 11.0. The summed E-state index contributed by atoms with van der Waals surface area (Å²) < 4.78 is 2.34. The maximum absolute atomic E-state index is 11.1. The monoisotopic (exact) mass is 717 g/mol. The third kappa shape index (κ3) is 3.90. The Kier molecular flexibility index (Phi) is 6.41. The Morgan fingerprint density at radius 1 is 0.571 bits per heavy atom. The molecule has 0 spiro atoms. The molecule has 0 fully saturated rings. The van der Waals surface area contributed by atoms with Crippen molar-refractivity contribution in [2.45, 2.75) is 58.3 Å². The summed E-state index contributed by atoms with van der Waals surface area (Å²) in [7, 11) is 0. The van der Waals surface area contributed by atoms with Crippen molar-refractivity contribution in [3.8, 4) is 45.1 Å². The molecule has 0 bridgehead atoms. The van der Waals surface area contributed by atoms with E-state index in [-0.39, 0.29) is 16.7 Å². The van der Waals surface area contributed by atoms with E-state index < -0.39 is 0 Å². The number of fused-ring (bicyclic) bond motifs is 12. The third-order valence-corrected chi connectivity index (χ3v) is 13.7. The molecule has 1 heterocycles. The fourth-order valence-corrected chi connectivity index (χ4v) is 11.0. The standard InChI is InChI=1S/C53H39N3/c1-29-41(28-54)48(49-35-20-9-8-16-31(35)36-24-37-32-17-10-13-21-42(32)52(3,4)44(37)26-40(36)49)30(2)51(50(29)55-7)56-46-23-15-12-19-34(46)39-25-38-33-18-11-14-22-43(33)53(5,6)45(38)27-47(39)56/h8-27,49H,1-6H3. The van der Waals surface area contributed by atoms with E-state index in [2.05, 4.69) is 171 Å². The molecule has 1 unspecified atom stereocenters. The van der Waals surface area contributed by atoms with Crippen LogP contribution in [-0.4, -0.2) is 4.57 Å². The van der Waals surface area contributed by atoms with Gasteiger partial charge in [-0.2, -0.15) is 5.26 Å². The van der Waals surface area contributed by atoms with Crippen molar-refractivity contribution in [1.82, 2.24) is 4.57 Å². The van der Waals surface area contributed by atoms with Crippen molar-refractivity contribution in [2.24, 2.45) is 0 Å². The zero-order chi connectivity index (χ0) is 38.4. The van der Waals surface area contributed by atoms with Crippen LogP contribution in [0.4, 0.5) is 5.69 Å². The molecule has 0 N–H and O–H groups in total. The highest BCUT2D eigenvalue weighted by atomic mass is 15.0. The Hall–Kier alpha value is -6.68. The first kappa shape index (κ1) is 32.7. The molecule has 0 aliphatic heterocycles. The van der Waals surface area contributed by atoms with Crippen LogP contribution in [-0.2, 0) is 10.8 Å². The number of benzene rings is 7. The van der Waals surface area contributed by atoms with Gasteiger partial charge in [-0.1, -0.05) is 125 Å². The first-order valence-electron chi connectivity index (χ1n) is 19.6. The van der Waals surface area contributed by atoms with Gasteiger partial charge in [-0.15, -0.1) is 0 Å². The van der Waals surface area contributed by atoms with Gasteiger partial charge in [-0.3, -0.25) is 0 Å². The smallest absolute Gasteiger partial charge is 0.215 e. The molecule has 0 saturated heterocycles. The second-order valence-corrected chi connectivity index (χ2v) is 17.1. The molecule has 0 saturated carbocycles. The summed E-state index contributed by atoms with van der Waals surface area (Å²) in [4.78, 5) is 4.27. The normalized spacial score (nSPS) is 16.1. The lowest BCUT2D eigenvalue weighted by Crippen LogP contribution is -2.16. The number of aromatic nitrogens is 1. The van der Waals surface area contributed by atoms with Crippen LogP contribution in [0.3, 0.4) is 0 Å². The van der Waals surface area contributed by atoms with Gasteiger partial charge in [0.05, 0.1) is 29.4 Å². The van der Waals surface area contributed by atoms with E-state index in [1.807, 2.05) is 6.92 Å². The van der Waals surface area contributed by atoms with E-state index in [1.54, 1.807) is 0 Å². The quantitative estimate of drug-likeness (QED) is 0.164. The van der Waals surface area contributed by atoms with Crippen molar-refractivity contribution in [3.05, 3.63) is 188 Å². The number of nitrogens with zero attached hydrogens (tertiary/aromatic N) is 3. The Morgan fingerprint density at radius 2 is 1.16 bits per heavy atom. The minimum absolute atomic E-state index is 0.168. The predicted molar refractivity (Wildman–Crippen MR) is 229 cm³/mol. The highest BCUT2D eigenvalue weighted by molar-refractivity contribution is 6.12. The first-order chi connectivity index (χ1) is 27.1. The van der Waals surface area contributed by atoms with Gasteiger partial charge in [0.1, 0.15) is 0 Å². The van der Waals surface area contributed by atoms with Gasteiger partial charge in [0, 0.05) is 33.1 Å². The van der Waals surface area contributed by atoms with Crippen LogP contribution in [0, 0.1) is 31.8 Å². The molecule has 11 rings (SSSR count). The lowest BCUT2D eigenvalue weighted by atomic mass is 9.78. The molecule has 3 nitrogen and oxygen atoms in total. The van der Waals surface area contributed by atoms with Crippen LogP contribution in [0.15, 0.2) is 121 Å². The maximum atomic E-state index is 11.1. The molecule has 7 aromatic carbocycles. The summed E-state index contributed by atoms with van der Waals surface area (Å²) in [6.07, 6.45) is 0. The second-order valence-electron chi connectivity index (χ2n) is 17.1. The average Bonchev–Trinajstić information content (AvgIpc) is 3.85. The van der Waals surface area contributed by atoms with E-state index in [0.717, 1.165) is 38.8 Å². The molecule has 0 radical (unpaired) electrons.